The Balaban J connectivity index is 0.00000225. The van der Waals surface area contributed by atoms with Crippen LogP contribution in [0.5, 0.6) is 5.75 Å². The molecule has 0 saturated carbocycles. The molecule has 0 spiro atoms. The zero-order chi connectivity index (χ0) is 18.6. The molecule has 0 bridgehead atoms. The summed E-state index contributed by atoms with van der Waals surface area (Å²) in [4.78, 5) is 18.6. The van der Waals surface area contributed by atoms with Gasteiger partial charge in [-0.2, -0.15) is 0 Å². The summed E-state index contributed by atoms with van der Waals surface area (Å²) in [5.41, 5.74) is 3.48. The van der Waals surface area contributed by atoms with Gasteiger partial charge in [0.05, 0.1) is 13.1 Å². The number of para-hydroxylation sites is 2. The number of carbonyl (C=O) groups is 1. The number of ether oxygens (including phenoxy) is 1. The van der Waals surface area contributed by atoms with Gasteiger partial charge in [-0.05, 0) is 29.7 Å². The molecule has 148 valence electrons. The highest BCUT2D eigenvalue weighted by atomic mass is 127. The minimum atomic E-state index is 0. The molecule has 0 radical (unpaired) electrons. The standard InChI is InChI=1S/C21H24N4O2.HI/c1-22-21(23-13-17-12-16-7-3-5-9-19(16)27-17)24-14-20(26)25-11-10-15-6-2-4-8-18(15)25;/h2-9,17H,10-14H2,1H3,(H2,22,23,24);1H. The smallest absolute Gasteiger partial charge is 0.246 e. The van der Waals surface area contributed by atoms with Crippen LogP contribution in [0.25, 0.3) is 0 Å². The summed E-state index contributed by atoms with van der Waals surface area (Å²) in [6.07, 6.45) is 1.86. The van der Waals surface area contributed by atoms with E-state index in [1.165, 1.54) is 11.1 Å². The van der Waals surface area contributed by atoms with Crippen LogP contribution in [0.2, 0.25) is 0 Å². The Morgan fingerprint density at radius 1 is 1.14 bits per heavy atom. The van der Waals surface area contributed by atoms with Gasteiger partial charge in [0.1, 0.15) is 11.9 Å². The second kappa shape index (κ2) is 9.27. The van der Waals surface area contributed by atoms with Crippen LogP contribution in [0.4, 0.5) is 5.69 Å². The third-order valence-electron chi connectivity index (χ3n) is 5.03. The van der Waals surface area contributed by atoms with E-state index in [2.05, 4.69) is 27.8 Å². The van der Waals surface area contributed by atoms with E-state index in [0.29, 0.717) is 12.5 Å². The van der Waals surface area contributed by atoms with E-state index in [1.807, 2.05) is 41.3 Å². The van der Waals surface area contributed by atoms with E-state index in [0.717, 1.165) is 30.8 Å². The van der Waals surface area contributed by atoms with Crippen LogP contribution in [0.15, 0.2) is 53.5 Å². The van der Waals surface area contributed by atoms with Crippen molar-refractivity contribution in [3.05, 3.63) is 59.7 Å². The van der Waals surface area contributed by atoms with Crippen molar-refractivity contribution >= 4 is 41.5 Å². The van der Waals surface area contributed by atoms with Crippen molar-refractivity contribution < 1.29 is 9.53 Å². The first-order valence-electron chi connectivity index (χ1n) is 9.32. The van der Waals surface area contributed by atoms with Crippen molar-refractivity contribution in [2.45, 2.75) is 18.9 Å². The Morgan fingerprint density at radius 3 is 2.68 bits per heavy atom. The van der Waals surface area contributed by atoms with Gasteiger partial charge in [0, 0.05) is 25.7 Å². The number of fused-ring (bicyclic) bond motifs is 2. The molecule has 2 aliphatic heterocycles. The maximum absolute atomic E-state index is 12.6. The Kier molecular flexibility index (Phi) is 6.77. The van der Waals surface area contributed by atoms with Crippen molar-refractivity contribution in [2.24, 2.45) is 4.99 Å². The number of anilines is 1. The summed E-state index contributed by atoms with van der Waals surface area (Å²) in [5.74, 6) is 1.61. The number of halogens is 1. The molecule has 7 heteroatoms. The number of hydrogen-bond acceptors (Lipinski definition) is 3. The first-order valence-corrected chi connectivity index (χ1v) is 9.32. The van der Waals surface area contributed by atoms with Crippen molar-refractivity contribution in [1.29, 1.82) is 0 Å². The molecule has 4 rings (SSSR count). The number of carbonyl (C=O) groups excluding carboxylic acids is 1. The van der Waals surface area contributed by atoms with Crippen molar-refractivity contribution in [3.63, 3.8) is 0 Å². The maximum Gasteiger partial charge on any atom is 0.246 e. The molecule has 0 aromatic heterocycles. The zero-order valence-corrected chi connectivity index (χ0v) is 18.2. The molecule has 0 aliphatic carbocycles. The van der Waals surface area contributed by atoms with Gasteiger partial charge >= 0.3 is 0 Å². The van der Waals surface area contributed by atoms with Crippen LogP contribution in [0.1, 0.15) is 11.1 Å². The highest BCUT2D eigenvalue weighted by molar-refractivity contribution is 14.0. The fourth-order valence-corrected chi connectivity index (χ4v) is 3.65. The van der Waals surface area contributed by atoms with Gasteiger partial charge in [-0.25, -0.2) is 0 Å². The topological polar surface area (TPSA) is 66.0 Å². The van der Waals surface area contributed by atoms with Crippen molar-refractivity contribution in [2.75, 3.05) is 31.6 Å². The number of amides is 1. The van der Waals surface area contributed by atoms with Gasteiger partial charge in [-0.15, -0.1) is 24.0 Å². The van der Waals surface area contributed by atoms with E-state index in [1.54, 1.807) is 7.05 Å². The fraction of sp³-hybridized carbons (Fsp3) is 0.333. The number of benzene rings is 2. The molecule has 2 aromatic carbocycles. The Labute approximate surface area is 182 Å². The van der Waals surface area contributed by atoms with Gasteiger partial charge in [-0.1, -0.05) is 36.4 Å². The van der Waals surface area contributed by atoms with Crippen LogP contribution >= 0.6 is 24.0 Å². The second-order valence-corrected chi connectivity index (χ2v) is 6.78. The van der Waals surface area contributed by atoms with E-state index in [9.17, 15) is 4.79 Å². The van der Waals surface area contributed by atoms with Crippen molar-refractivity contribution in [1.82, 2.24) is 10.6 Å². The number of nitrogens with one attached hydrogen (secondary N) is 2. The lowest BCUT2D eigenvalue weighted by molar-refractivity contribution is -0.117. The first kappa shape index (κ1) is 20.4. The van der Waals surface area contributed by atoms with Crippen LogP contribution in [0, 0.1) is 0 Å². The molecule has 0 fully saturated rings. The van der Waals surface area contributed by atoms with E-state index in [4.69, 9.17) is 4.74 Å². The molecular formula is C21H25IN4O2. The molecule has 1 atom stereocenters. The third-order valence-corrected chi connectivity index (χ3v) is 5.03. The third kappa shape index (κ3) is 4.40. The van der Waals surface area contributed by atoms with Gasteiger partial charge in [0.25, 0.3) is 0 Å². The predicted molar refractivity (Wildman–Crippen MR) is 122 cm³/mol. The summed E-state index contributed by atoms with van der Waals surface area (Å²) in [6.45, 7) is 1.58. The lowest BCUT2D eigenvalue weighted by atomic mass is 10.1. The second-order valence-electron chi connectivity index (χ2n) is 6.78. The summed E-state index contributed by atoms with van der Waals surface area (Å²) in [7, 11) is 1.70. The minimum absolute atomic E-state index is 0. The van der Waals surface area contributed by atoms with E-state index < -0.39 is 0 Å². The fourth-order valence-electron chi connectivity index (χ4n) is 3.65. The van der Waals surface area contributed by atoms with Crippen LogP contribution < -0.4 is 20.3 Å². The molecule has 2 aliphatic rings. The molecular weight excluding hydrogens is 467 g/mol. The van der Waals surface area contributed by atoms with Crippen molar-refractivity contribution in [3.8, 4) is 5.75 Å². The summed E-state index contributed by atoms with van der Waals surface area (Å²) in [5, 5.41) is 6.37. The number of rotatable bonds is 4. The molecule has 1 unspecified atom stereocenters. The van der Waals surface area contributed by atoms with Crippen LogP contribution in [-0.4, -0.2) is 44.7 Å². The normalized spacial score (nSPS) is 17.2. The Bertz CT molecular complexity index is 846. The quantitative estimate of drug-likeness (QED) is 0.391. The summed E-state index contributed by atoms with van der Waals surface area (Å²) in [6, 6.07) is 16.2. The van der Waals surface area contributed by atoms with Crippen LogP contribution in [-0.2, 0) is 17.6 Å². The van der Waals surface area contributed by atoms with E-state index >= 15 is 0 Å². The number of guanidine groups is 1. The molecule has 28 heavy (non-hydrogen) atoms. The van der Waals surface area contributed by atoms with Gasteiger partial charge in [0.15, 0.2) is 5.96 Å². The monoisotopic (exact) mass is 492 g/mol. The Hall–Kier alpha value is -2.29. The highest BCUT2D eigenvalue weighted by Gasteiger charge is 2.25. The van der Waals surface area contributed by atoms with E-state index in [-0.39, 0.29) is 42.5 Å². The Morgan fingerprint density at radius 2 is 1.89 bits per heavy atom. The summed E-state index contributed by atoms with van der Waals surface area (Å²) < 4.78 is 5.93. The first-order chi connectivity index (χ1) is 13.2. The predicted octanol–water partition coefficient (Wildman–Crippen LogP) is 2.36. The number of nitrogens with zero attached hydrogens (tertiary/aromatic N) is 2. The zero-order valence-electron chi connectivity index (χ0n) is 15.9. The molecule has 0 saturated heterocycles. The van der Waals surface area contributed by atoms with Gasteiger partial charge < -0.3 is 20.3 Å². The molecule has 2 aromatic rings. The largest absolute Gasteiger partial charge is 0.488 e. The highest BCUT2D eigenvalue weighted by Crippen LogP contribution is 2.28. The minimum Gasteiger partial charge on any atom is -0.488 e. The lowest BCUT2D eigenvalue weighted by Crippen LogP contribution is -2.46. The number of hydrogen-bond donors (Lipinski definition) is 2. The number of aliphatic imine (C=N–C) groups is 1. The molecule has 2 N–H and O–H groups in total. The maximum atomic E-state index is 12.6. The SMILES string of the molecule is CN=C(NCC(=O)N1CCc2ccccc21)NCC1Cc2ccccc2O1.I. The van der Waals surface area contributed by atoms with Crippen LogP contribution in [0.3, 0.4) is 0 Å². The average Bonchev–Trinajstić information content (AvgIpc) is 3.31. The van der Waals surface area contributed by atoms with Gasteiger partial charge in [-0.3, -0.25) is 9.79 Å². The average molecular weight is 492 g/mol. The summed E-state index contributed by atoms with van der Waals surface area (Å²) >= 11 is 0. The molecule has 6 nitrogen and oxygen atoms in total. The van der Waals surface area contributed by atoms with Gasteiger partial charge in [0.2, 0.25) is 5.91 Å². The lowest BCUT2D eigenvalue weighted by Gasteiger charge is -2.19. The molecule has 1 amide bonds. The molecule has 2 heterocycles.